The van der Waals surface area contributed by atoms with Crippen LogP contribution in [0.1, 0.15) is 11.1 Å². The Labute approximate surface area is 369 Å². The lowest BCUT2D eigenvalue weighted by Crippen LogP contribution is -2.17. The summed E-state index contributed by atoms with van der Waals surface area (Å²) in [4.78, 5) is 88.0. The summed E-state index contributed by atoms with van der Waals surface area (Å²) < 4.78 is 0. The van der Waals surface area contributed by atoms with Crippen LogP contribution in [0.2, 0.25) is 10.0 Å². The van der Waals surface area contributed by atoms with Gasteiger partial charge in [0.1, 0.15) is 0 Å². The van der Waals surface area contributed by atoms with Crippen LogP contribution in [-0.4, -0.2) is 51.4 Å². The molecule has 2 heterocycles. The van der Waals surface area contributed by atoms with Gasteiger partial charge in [-0.05, 0) is 48.5 Å². The van der Waals surface area contributed by atoms with E-state index in [9.17, 15) is 50.0 Å². The van der Waals surface area contributed by atoms with Gasteiger partial charge in [-0.1, -0.05) is 59.6 Å². The number of anilines is 2. The number of hydrogen-bond donors (Lipinski definition) is 2. The summed E-state index contributed by atoms with van der Waals surface area (Å²) in [6.07, 6.45) is -0.847. The maximum absolute atomic E-state index is 13.3. The van der Waals surface area contributed by atoms with Crippen LogP contribution in [0.3, 0.4) is 0 Å². The summed E-state index contributed by atoms with van der Waals surface area (Å²) in [5, 5.41) is 51.4. The van der Waals surface area contributed by atoms with Gasteiger partial charge in [0.2, 0.25) is 23.7 Å². The van der Waals surface area contributed by atoms with Crippen LogP contribution < -0.4 is 10.6 Å². The number of benzene rings is 5. The van der Waals surface area contributed by atoms with Crippen molar-refractivity contribution < 1.29 is 29.3 Å². The molecule has 0 atom stereocenters. The number of non-ortho nitro benzene ring substituents is 2. The van der Waals surface area contributed by atoms with Gasteiger partial charge in [0.25, 0.3) is 22.7 Å². The standard InChI is InChI=1S/C42H26Cl2N10O10/c43-29-11-5-27(37(19-29)53(61)62)17-39(55)49-41-45-33(21-35(47-41)25-7-13-31(14-8-25)51(57)58)23-1-2-24(4-3-23)34-22-36(26-9-15-32(16-10-26)52(59)60)48-42(46-34)50-40(56)18-28-6-12-30(44)20-38(28)54(63)64/h1-16,19-22H,17-18H2,(H,45,47,49,55)(H,46,48,50,56). The van der Waals surface area contributed by atoms with Gasteiger partial charge in [-0.2, -0.15) is 0 Å². The lowest BCUT2D eigenvalue weighted by atomic mass is 10.0. The summed E-state index contributed by atoms with van der Waals surface area (Å²) in [6.45, 7) is 0. The van der Waals surface area contributed by atoms with Crippen LogP contribution in [0.25, 0.3) is 45.0 Å². The molecule has 7 rings (SSSR count). The number of rotatable bonds is 14. The fraction of sp³-hybridized carbons (Fsp3) is 0.0476. The highest BCUT2D eigenvalue weighted by Crippen LogP contribution is 2.32. The van der Waals surface area contributed by atoms with E-state index in [1.165, 1.54) is 72.8 Å². The highest BCUT2D eigenvalue weighted by atomic mass is 35.5. The minimum atomic E-state index is -0.686. The van der Waals surface area contributed by atoms with Gasteiger partial charge in [0.05, 0.1) is 55.3 Å². The van der Waals surface area contributed by atoms with E-state index in [2.05, 4.69) is 30.6 Å². The fourth-order valence-corrected chi connectivity index (χ4v) is 6.65. The van der Waals surface area contributed by atoms with E-state index in [0.29, 0.717) is 33.6 Å². The quantitative estimate of drug-likeness (QED) is 0.0760. The second-order valence-corrected chi connectivity index (χ2v) is 14.5. The number of nitro benzene ring substituents is 4. The first-order valence-corrected chi connectivity index (χ1v) is 19.2. The third-order valence-electron chi connectivity index (χ3n) is 9.37. The van der Waals surface area contributed by atoms with E-state index < -0.39 is 44.3 Å². The molecule has 0 saturated carbocycles. The lowest BCUT2D eigenvalue weighted by molar-refractivity contribution is -0.385. The summed E-state index contributed by atoms with van der Waals surface area (Å²) in [7, 11) is 0. The van der Waals surface area contributed by atoms with E-state index in [4.69, 9.17) is 23.2 Å². The predicted octanol–water partition coefficient (Wildman–Crippen LogP) is 9.24. The molecule has 318 valence electrons. The third kappa shape index (κ3) is 10.3. The summed E-state index contributed by atoms with van der Waals surface area (Å²) in [6, 6.07) is 28.7. The van der Waals surface area contributed by atoms with Crippen LogP contribution in [0.15, 0.2) is 121 Å². The molecule has 2 amide bonds. The number of aromatic nitrogens is 4. The molecular weight excluding hydrogens is 875 g/mol. The molecule has 0 spiro atoms. The van der Waals surface area contributed by atoms with E-state index in [1.54, 1.807) is 36.4 Å². The first kappa shape index (κ1) is 43.5. The molecule has 64 heavy (non-hydrogen) atoms. The van der Waals surface area contributed by atoms with Crippen molar-refractivity contribution in [3.63, 3.8) is 0 Å². The number of carbonyl (C=O) groups is 2. The predicted molar refractivity (Wildman–Crippen MR) is 234 cm³/mol. The molecule has 2 aromatic heterocycles. The summed E-state index contributed by atoms with van der Waals surface area (Å²) in [5.74, 6) is -1.72. The fourth-order valence-electron chi connectivity index (χ4n) is 6.31. The Balaban J connectivity index is 1.23. The number of hydrogen-bond acceptors (Lipinski definition) is 14. The number of halogens is 2. The Morgan fingerprint density at radius 1 is 0.438 bits per heavy atom. The van der Waals surface area contributed by atoms with E-state index in [1.807, 2.05) is 0 Å². The van der Waals surface area contributed by atoms with Crippen LogP contribution >= 0.6 is 23.2 Å². The van der Waals surface area contributed by atoms with Crippen LogP contribution in [0.4, 0.5) is 34.6 Å². The Hall–Kier alpha value is -8.62. The van der Waals surface area contributed by atoms with Crippen molar-refractivity contribution >= 4 is 69.7 Å². The molecule has 0 aliphatic carbocycles. The van der Waals surface area contributed by atoms with Crippen LogP contribution in [-0.2, 0) is 22.4 Å². The maximum atomic E-state index is 13.3. The van der Waals surface area contributed by atoms with E-state index in [0.717, 1.165) is 12.1 Å². The SMILES string of the molecule is O=C(Cc1ccc(Cl)cc1[N+](=O)[O-])Nc1nc(-c2ccc(-c3cc(-c4ccc([N+](=O)[O-])cc4)nc(NC(=O)Cc4ccc(Cl)cc4[N+](=O)[O-])n3)cc2)cc(-c2ccc([N+](=O)[O-])cc2)n1. The van der Waals surface area contributed by atoms with Gasteiger partial charge in [0.15, 0.2) is 0 Å². The minimum absolute atomic E-state index is 0.0870. The molecule has 0 unspecified atom stereocenters. The van der Waals surface area contributed by atoms with Crippen molar-refractivity contribution in [2.24, 2.45) is 0 Å². The zero-order valence-electron chi connectivity index (χ0n) is 32.4. The van der Waals surface area contributed by atoms with Gasteiger partial charge in [-0.3, -0.25) is 60.7 Å². The lowest BCUT2D eigenvalue weighted by Gasteiger charge is -2.12. The van der Waals surface area contributed by atoms with Crippen molar-refractivity contribution in [2.45, 2.75) is 12.8 Å². The van der Waals surface area contributed by atoms with Crippen LogP contribution in [0.5, 0.6) is 0 Å². The van der Waals surface area contributed by atoms with Crippen molar-refractivity contribution in [1.82, 2.24) is 19.9 Å². The Morgan fingerprint density at radius 2 is 0.734 bits per heavy atom. The Bertz CT molecular complexity index is 2820. The molecule has 0 fully saturated rings. The van der Waals surface area contributed by atoms with Crippen molar-refractivity contribution in [2.75, 3.05) is 10.6 Å². The van der Waals surface area contributed by atoms with Crippen molar-refractivity contribution in [3.8, 4) is 45.0 Å². The maximum Gasteiger partial charge on any atom is 0.274 e. The molecule has 0 radical (unpaired) electrons. The Morgan fingerprint density at radius 3 is 1.02 bits per heavy atom. The third-order valence-corrected chi connectivity index (χ3v) is 9.84. The highest BCUT2D eigenvalue weighted by molar-refractivity contribution is 6.31. The normalized spacial score (nSPS) is 10.8. The molecule has 0 aliphatic heterocycles. The van der Waals surface area contributed by atoms with E-state index >= 15 is 0 Å². The van der Waals surface area contributed by atoms with Gasteiger partial charge in [-0.15, -0.1) is 0 Å². The second kappa shape index (κ2) is 18.6. The molecule has 22 heteroatoms. The number of carbonyl (C=O) groups excluding carboxylic acids is 2. The first-order chi connectivity index (χ1) is 30.6. The number of nitrogens with one attached hydrogen (secondary N) is 2. The van der Waals surface area contributed by atoms with Gasteiger partial charge >= 0.3 is 0 Å². The monoisotopic (exact) mass is 900 g/mol. The molecule has 7 aromatic rings. The van der Waals surface area contributed by atoms with Crippen LogP contribution in [0, 0.1) is 40.5 Å². The molecular formula is C42H26Cl2N10O10. The molecule has 0 aliphatic rings. The van der Waals surface area contributed by atoms with Gasteiger partial charge in [-0.25, -0.2) is 19.9 Å². The van der Waals surface area contributed by atoms with Gasteiger partial charge in [0, 0.05) is 79.8 Å². The highest BCUT2D eigenvalue weighted by Gasteiger charge is 2.21. The first-order valence-electron chi connectivity index (χ1n) is 18.4. The number of nitrogens with zero attached hydrogens (tertiary/aromatic N) is 8. The average Bonchev–Trinajstić information content (AvgIpc) is 3.27. The van der Waals surface area contributed by atoms with E-state index in [-0.39, 0.29) is 67.2 Å². The zero-order valence-corrected chi connectivity index (χ0v) is 33.9. The molecule has 20 nitrogen and oxygen atoms in total. The Kier molecular flexibility index (Phi) is 12.6. The summed E-state index contributed by atoms with van der Waals surface area (Å²) >= 11 is 11.9. The number of nitro groups is 4. The topological polar surface area (TPSA) is 282 Å². The summed E-state index contributed by atoms with van der Waals surface area (Å²) in [5.41, 5.74) is 2.14. The minimum Gasteiger partial charge on any atom is -0.294 e. The average molecular weight is 902 g/mol. The number of amides is 2. The molecule has 5 aromatic carbocycles. The van der Waals surface area contributed by atoms with Gasteiger partial charge < -0.3 is 0 Å². The molecule has 0 saturated heterocycles. The molecule has 2 N–H and O–H groups in total. The second-order valence-electron chi connectivity index (χ2n) is 13.6. The van der Waals surface area contributed by atoms with Crippen molar-refractivity contribution in [3.05, 3.63) is 183 Å². The largest absolute Gasteiger partial charge is 0.294 e. The smallest absolute Gasteiger partial charge is 0.274 e. The van der Waals surface area contributed by atoms with Crippen molar-refractivity contribution in [1.29, 1.82) is 0 Å². The molecule has 0 bridgehead atoms. The zero-order chi connectivity index (χ0) is 45.7.